The topological polar surface area (TPSA) is 125 Å². The van der Waals surface area contributed by atoms with Gasteiger partial charge in [-0.2, -0.15) is 5.10 Å². The number of aryl methyl sites for hydroxylation is 2. The van der Waals surface area contributed by atoms with Gasteiger partial charge < -0.3 is 26.0 Å². The maximum absolute atomic E-state index is 15.9. The second-order valence-corrected chi connectivity index (χ2v) is 14.5. The maximum Gasteiger partial charge on any atom is 0.251 e. The minimum atomic E-state index is -0.398. The highest BCUT2D eigenvalue weighted by Gasteiger charge is 2.23. The molecule has 0 saturated carbocycles. The predicted octanol–water partition coefficient (Wildman–Crippen LogP) is 6.06. The van der Waals surface area contributed by atoms with Crippen LogP contribution in [0, 0.1) is 5.82 Å². The fourth-order valence-electron chi connectivity index (χ4n) is 7.64. The Labute approximate surface area is 322 Å². The molecule has 12 heteroatoms. The summed E-state index contributed by atoms with van der Waals surface area (Å²) in [5, 5.41) is 18.6. The van der Waals surface area contributed by atoms with Crippen LogP contribution in [-0.2, 0) is 37.3 Å². The van der Waals surface area contributed by atoms with E-state index in [1.54, 1.807) is 36.4 Å². The van der Waals surface area contributed by atoms with Crippen LogP contribution in [0.5, 0.6) is 0 Å². The molecule has 3 aromatic carbocycles. The van der Waals surface area contributed by atoms with Gasteiger partial charge in [0.2, 0.25) is 0 Å². The molecule has 0 bridgehead atoms. The van der Waals surface area contributed by atoms with Crippen LogP contribution >= 0.6 is 0 Å². The monoisotopic (exact) mass is 746 g/mol. The summed E-state index contributed by atoms with van der Waals surface area (Å²) in [5.74, 6) is -1.08. The van der Waals surface area contributed by atoms with Gasteiger partial charge in [0, 0.05) is 105 Å². The van der Waals surface area contributed by atoms with Crippen LogP contribution in [0.2, 0.25) is 0 Å². The van der Waals surface area contributed by atoms with Crippen LogP contribution in [0.4, 0.5) is 10.1 Å². The zero-order valence-corrected chi connectivity index (χ0v) is 32.0. The molecule has 55 heavy (non-hydrogen) atoms. The fourth-order valence-corrected chi connectivity index (χ4v) is 7.64. The number of nitrogens with zero attached hydrogens (tertiary/aromatic N) is 4. The van der Waals surface area contributed by atoms with E-state index in [0.717, 1.165) is 78.1 Å². The molecule has 2 saturated heterocycles. The lowest BCUT2D eigenvalue weighted by atomic mass is 9.99. The van der Waals surface area contributed by atoms with Crippen molar-refractivity contribution in [2.45, 2.75) is 78.3 Å². The third kappa shape index (κ3) is 8.88. The van der Waals surface area contributed by atoms with E-state index in [9.17, 15) is 9.59 Å². The van der Waals surface area contributed by atoms with E-state index in [1.807, 2.05) is 42.1 Å². The first kappa shape index (κ1) is 38.1. The molecule has 1 atom stereocenters. The minimum absolute atomic E-state index is 0.0000696. The van der Waals surface area contributed by atoms with E-state index in [4.69, 9.17) is 9.72 Å². The number of nitrogens with one attached hydrogen (secondary N) is 4. The molecule has 2 fully saturated rings. The van der Waals surface area contributed by atoms with Crippen molar-refractivity contribution in [3.63, 3.8) is 0 Å². The molecule has 7 rings (SSSR count). The maximum atomic E-state index is 15.9. The Morgan fingerprint density at radius 2 is 1.71 bits per heavy atom. The number of amides is 2. The third-order valence-electron chi connectivity index (χ3n) is 10.6. The lowest BCUT2D eigenvalue weighted by Crippen LogP contribution is -2.48. The van der Waals surface area contributed by atoms with Crippen LogP contribution < -0.4 is 21.3 Å². The molecule has 288 valence electrons. The number of anilines is 1. The van der Waals surface area contributed by atoms with Crippen molar-refractivity contribution >= 4 is 28.5 Å². The zero-order chi connectivity index (χ0) is 38.3. The highest BCUT2D eigenvalue weighted by molar-refractivity contribution is 6.00. The molecule has 0 radical (unpaired) electrons. The smallest absolute Gasteiger partial charge is 0.251 e. The Kier molecular flexibility index (Phi) is 12.1. The van der Waals surface area contributed by atoms with Gasteiger partial charge in [0.15, 0.2) is 5.65 Å². The van der Waals surface area contributed by atoms with Crippen molar-refractivity contribution in [1.29, 1.82) is 0 Å². The number of carbonyl (C=O) groups excluding carboxylic acids is 2. The summed E-state index contributed by atoms with van der Waals surface area (Å²) in [6.07, 6.45) is 4.29. The number of piperazine rings is 1. The number of halogens is 1. The van der Waals surface area contributed by atoms with Crippen molar-refractivity contribution in [3.05, 3.63) is 112 Å². The Balaban J connectivity index is 1.02. The van der Waals surface area contributed by atoms with Gasteiger partial charge >= 0.3 is 0 Å². The number of ether oxygens (including phenoxy) is 1. The number of benzene rings is 3. The lowest BCUT2D eigenvalue weighted by molar-refractivity contribution is 0.0904. The van der Waals surface area contributed by atoms with Crippen LogP contribution in [0.1, 0.15) is 76.7 Å². The first-order valence-electron chi connectivity index (χ1n) is 19.5. The normalized spacial score (nSPS) is 16.6. The molecule has 5 aromatic rings. The van der Waals surface area contributed by atoms with Crippen LogP contribution in [-0.4, -0.2) is 76.4 Å². The Morgan fingerprint density at radius 1 is 0.964 bits per heavy atom. The molecule has 0 spiro atoms. The molecule has 11 nitrogen and oxygen atoms in total. The van der Waals surface area contributed by atoms with Crippen molar-refractivity contribution in [3.8, 4) is 11.1 Å². The Morgan fingerprint density at radius 3 is 2.45 bits per heavy atom. The fraction of sp³-hybridized carbons (Fsp3) is 0.395. The van der Waals surface area contributed by atoms with Gasteiger partial charge in [0.05, 0.1) is 17.3 Å². The molecular weight excluding hydrogens is 696 g/mol. The van der Waals surface area contributed by atoms with Gasteiger partial charge in [-0.25, -0.2) is 14.1 Å². The Bertz CT molecular complexity index is 2150. The van der Waals surface area contributed by atoms with Gasteiger partial charge in [-0.15, -0.1) is 0 Å². The van der Waals surface area contributed by atoms with E-state index in [-0.39, 0.29) is 30.9 Å². The highest BCUT2D eigenvalue weighted by Crippen LogP contribution is 2.32. The number of pyridine rings is 1. The number of rotatable bonds is 13. The van der Waals surface area contributed by atoms with Gasteiger partial charge in [0.25, 0.3) is 11.8 Å². The SMILES string of the molecule is CCc1nc2c(cnn2CC)c(NC2CCOCC2)c1CNC(=O)c1cccc(C(=O)NCc2cccc(-c3cccc(CN4CCN[C@@H](C)C4)c3)c2F)c1. The summed E-state index contributed by atoms with van der Waals surface area (Å²) in [4.78, 5) is 34.3. The van der Waals surface area contributed by atoms with E-state index in [0.29, 0.717) is 54.5 Å². The summed E-state index contributed by atoms with van der Waals surface area (Å²) in [6, 6.07) is 20.5. The standard InChI is InChI=1S/C43H51FN8O3/c1-4-38-36(40(49-34-15-19-55-20-16-34)37-25-48-52(5-2)41(37)50-38)24-47-43(54)32-12-7-11-31(22-32)42(53)46-23-33-13-8-14-35(39(33)44)30-10-6-9-29(21-30)27-51-18-17-45-28(3)26-51/h6-14,21-22,25,28,34,45H,4-5,15-20,23-24,26-27H2,1-3H3,(H,46,53)(H,47,54)(H,49,50)/t28-/m0/s1. The number of fused-ring (bicyclic) bond motifs is 1. The Hall–Kier alpha value is -5.17. The van der Waals surface area contributed by atoms with Gasteiger partial charge in [0.1, 0.15) is 5.82 Å². The van der Waals surface area contributed by atoms with Crippen molar-refractivity contribution in [2.75, 3.05) is 38.2 Å². The number of carbonyl (C=O) groups is 2. The van der Waals surface area contributed by atoms with Crippen molar-refractivity contribution in [1.82, 2.24) is 35.6 Å². The summed E-state index contributed by atoms with van der Waals surface area (Å²) < 4.78 is 23.4. The second-order valence-electron chi connectivity index (χ2n) is 14.5. The van der Waals surface area contributed by atoms with E-state index in [2.05, 4.69) is 51.2 Å². The predicted molar refractivity (Wildman–Crippen MR) is 213 cm³/mol. The first-order valence-corrected chi connectivity index (χ1v) is 19.5. The van der Waals surface area contributed by atoms with Crippen molar-refractivity contribution < 1.29 is 18.7 Å². The third-order valence-corrected chi connectivity index (χ3v) is 10.6. The van der Waals surface area contributed by atoms with Crippen LogP contribution in [0.3, 0.4) is 0 Å². The molecule has 4 N–H and O–H groups in total. The first-order chi connectivity index (χ1) is 26.8. The summed E-state index contributed by atoms with van der Waals surface area (Å²) in [7, 11) is 0. The molecule has 4 heterocycles. The summed E-state index contributed by atoms with van der Waals surface area (Å²) in [6.45, 7) is 12.3. The van der Waals surface area contributed by atoms with E-state index in [1.165, 1.54) is 0 Å². The largest absolute Gasteiger partial charge is 0.381 e. The summed E-state index contributed by atoms with van der Waals surface area (Å²) in [5.41, 5.74) is 7.04. The van der Waals surface area contributed by atoms with Gasteiger partial charge in [-0.1, -0.05) is 49.4 Å². The average Bonchev–Trinajstić information content (AvgIpc) is 3.63. The number of hydrogen-bond donors (Lipinski definition) is 4. The van der Waals surface area contributed by atoms with Crippen LogP contribution in [0.25, 0.3) is 22.2 Å². The molecule has 0 aliphatic carbocycles. The molecule has 2 aromatic heterocycles. The quantitative estimate of drug-likeness (QED) is 0.115. The zero-order valence-electron chi connectivity index (χ0n) is 32.0. The molecule has 2 amide bonds. The number of hydrogen-bond acceptors (Lipinski definition) is 8. The number of aromatic nitrogens is 3. The molecule has 2 aliphatic heterocycles. The van der Waals surface area contributed by atoms with E-state index < -0.39 is 5.91 Å². The average molecular weight is 747 g/mol. The van der Waals surface area contributed by atoms with Gasteiger partial charge in [-0.3, -0.25) is 14.5 Å². The molecular formula is C43H51FN8O3. The van der Waals surface area contributed by atoms with E-state index >= 15 is 4.39 Å². The highest BCUT2D eigenvalue weighted by atomic mass is 19.1. The second kappa shape index (κ2) is 17.5. The lowest BCUT2D eigenvalue weighted by Gasteiger charge is -2.31. The van der Waals surface area contributed by atoms with Gasteiger partial charge in [-0.05, 0) is 68.5 Å². The van der Waals surface area contributed by atoms with Crippen LogP contribution in [0.15, 0.2) is 72.9 Å². The van der Waals surface area contributed by atoms with Crippen molar-refractivity contribution in [2.24, 2.45) is 0 Å². The summed E-state index contributed by atoms with van der Waals surface area (Å²) >= 11 is 0. The minimum Gasteiger partial charge on any atom is -0.381 e. The molecule has 0 unspecified atom stereocenters. The molecule has 2 aliphatic rings.